The molecule has 3 rings (SSSR count). The topological polar surface area (TPSA) is 70.7 Å². The van der Waals surface area contributed by atoms with Crippen molar-refractivity contribution in [1.29, 1.82) is 0 Å². The average Bonchev–Trinajstić information content (AvgIpc) is 3.22. The van der Waals surface area contributed by atoms with Gasteiger partial charge in [-0.25, -0.2) is 0 Å². The summed E-state index contributed by atoms with van der Waals surface area (Å²) in [7, 11) is 0. The van der Waals surface area contributed by atoms with Crippen molar-refractivity contribution in [2.45, 2.75) is 38.3 Å². The molecule has 2 heterocycles. The fraction of sp³-hybridized carbons (Fsp3) is 0.600. The molecule has 2 fully saturated rings. The molecule has 6 nitrogen and oxygen atoms in total. The maximum absolute atomic E-state index is 12.4. The SMILES string of the molecule is O=C(NCC1CCCN(C(=O)COCc2ccccc2)C1)C1CCCN1. The molecule has 0 bridgehead atoms. The van der Waals surface area contributed by atoms with Crippen molar-refractivity contribution in [1.82, 2.24) is 15.5 Å². The van der Waals surface area contributed by atoms with Gasteiger partial charge in [0.2, 0.25) is 11.8 Å². The van der Waals surface area contributed by atoms with Crippen LogP contribution in [0, 0.1) is 5.92 Å². The molecule has 1 aromatic rings. The predicted octanol–water partition coefficient (Wildman–Crippen LogP) is 1.31. The Kier molecular flexibility index (Phi) is 7.03. The molecule has 6 heteroatoms. The highest BCUT2D eigenvalue weighted by atomic mass is 16.5. The van der Waals surface area contributed by atoms with Crippen molar-refractivity contribution >= 4 is 11.8 Å². The Balaban J connectivity index is 1.36. The van der Waals surface area contributed by atoms with Crippen molar-refractivity contribution in [3.05, 3.63) is 35.9 Å². The molecule has 2 atom stereocenters. The van der Waals surface area contributed by atoms with E-state index in [1.165, 1.54) is 0 Å². The van der Waals surface area contributed by atoms with Crippen LogP contribution < -0.4 is 10.6 Å². The predicted molar refractivity (Wildman–Crippen MR) is 99.4 cm³/mol. The van der Waals surface area contributed by atoms with Gasteiger partial charge in [-0.15, -0.1) is 0 Å². The van der Waals surface area contributed by atoms with Crippen LogP contribution >= 0.6 is 0 Å². The molecular formula is C20H29N3O3. The summed E-state index contributed by atoms with van der Waals surface area (Å²) in [4.78, 5) is 26.4. The third kappa shape index (κ3) is 5.54. The van der Waals surface area contributed by atoms with E-state index in [2.05, 4.69) is 10.6 Å². The number of rotatable bonds is 7. The number of ether oxygens (including phenoxy) is 1. The minimum atomic E-state index is -0.0392. The molecule has 2 unspecified atom stereocenters. The Morgan fingerprint density at radius 3 is 2.81 bits per heavy atom. The third-order valence-corrected chi connectivity index (χ3v) is 5.15. The highest BCUT2D eigenvalue weighted by Crippen LogP contribution is 2.16. The quantitative estimate of drug-likeness (QED) is 0.770. The number of hydrogen-bond donors (Lipinski definition) is 2. The van der Waals surface area contributed by atoms with Crippen molar-refractivity contribution in [2.24, 2.45) is 5.92 Å². The van der Waals surface area contributed by atoms with Gasteiger partial charge in [-0.3, -0.25) is 9.59 Å². The summed E-state index contributed by atoms with van der Waals surface area (Å²) < 4.78 is 5.57. The lowest BCUT2D eigenvalue weighted by atomic mass is 9.97. The van der Waals surface area contributed by atoms with Crippen molar-refractivity contribution in [3.63, 3.8) is 0 Å². The van der Waals surface area contributed by atoms with Crippen molar-refractivity contribution in [3.8, 4) is 0 Å². The van der Waals surface area contributed by atoms with Gasteiger partial charge in [-0.2, -0.15) is 0 Å². The molecule has 0 aromatic heterocycles. The number of nitrogens with one attached hydrogen (secondary N) is 2. The molecule has 2 amide bonds. The van der Waals surface area contributed by atoms with Gasteiger partial charge in [-0.05, 0) is 43.7 Å². The molecular weight excluding hydrogens is 330 g/mol. The molecule has 2 aliphatic heterocycles. The van der Waals surface area contributed by atoms with Gasteiger partial charge >= 0.3 is 0 Å². The van der Waals surface area contributed by atoms with Gasteiger partial charge in [-0.1, -0.05) is 30.3 Å². The summed E-state index contributed by atoms with van der Waals surface area (Å²) >= 11 is 0. The molecule has 0 aliphatic carbocycles. The Bertz CT molecular complexity index is 587. The fourth-order valence-corrected chi connectivity index (χ4v) is 3.66. The van der Waals surface area contributed by atoms with Crippen LogP contribution in [0.25, 0.3) is 0 Å². The Labute approximate surface area is 155 Å². The second kappa shape index (κ2) is 9.69. The molecule has 1 aromatic carbocycles. The Hall–Kier alpha value is -1.92. The van der Waals surface area contributed by atoms with E-state index < -0.39 is 0 Å². The lowest BCUT2D eigenvalue weighted by molar-refractivity contribution is -0.138. The smallest absolute Gasteiger partial charge is 0.248 e. The standard InChI is InChI=1S/C20H29N3O3/c24-19(15-26-14-16-6-2-1-3-7-16)23-11-5-8-17(13-23)12-22-20(25)18-9-4-10-21-18/h1-3,6-7,17-18,21H,4-5,8-15H2,(H,22,25). The minimum Gasteiger partial charge on any atom is -0.367 e. The number of piperidine rings is 1. The van der Waals surface area contributed by atoms with E-state index in [0.717, 1.165) is 44.3 Å². The van der Waals surface area contributed by atoms with E-state index >= 15 is 0 Å². The second-order valence-corrected chi connectivity index (χ2v) is 7.22. The average molecular weight is 359 g/mol. The van der Waals surface area contributed by atoms with Gasteiger partial charge < -0.3 is 20.3 Å². The maximum Gasteiger partial charge on any atom is 0.248 e. The molecule has 0 spiro atoms. The molecule has 142 valence electrons. The van der Waals surface area contributed by atoms with Gasteiger partial charge in [0.1, 0.15) is 6.61 Å². The fourth-order valence-electron chi connectivity index (χ4n) is 3.66. The summed E-state index contributed by atoms with van der Waals surface area (Å²) in [6.07, 6.45) is 4.01. The lowest BCUT2D eigenvalue weighted by Crippen LogP contribution is -2.47. The van der Waals surface area contributed by atoms with Crippen molar-refractivity contribution in [2.75, 3.05) is 32.8 Å². The van der Waals surface area contributed by atoms with Crippen LogP contribution in [0.1, 0.15) is 31.2 Å². The van der Waals surface area contributed by atoms with Crippen LogP contribution in [0.4, 0.5) is 0 Å². The van der Waals surface area contributed by atoms with Crippen LogP contribution in [-0.4, -0.2) is 55.5 Å². The molecule has 2 saturated heterocycles. The highest BCUT2D eigenvalue weighted by Gasteiger charge is 2.26. The van der Waals surface area contributed by atoms with Crippen molar-refractivity contribution < 1.29 is 14.3 Å². The summed E-state index contributed by atoms with van der Waals surface area (Å²) in [6, 6.07) is 9.83. The number of carbonyl (C=O) groups excluding carboxylic acids is 2. The first-order valence-electron chi connectivity index (χ1n) is 9.63. The summed E-state index contributed by atoms with van der Waals surface area (Å²) in [5, 5.41) is 6.26. The van der Waals surface area contributed by atoms with E-state index in [9.17, 15) is 9.59 Å². The minimum absolute atomic E-state index is 0.0365. The number of nitrogens with zero attached hydrogens (tertiary/aromatic N) is 1. The monoisotopic (exact) mass is 359 g/mol. The second-order valence-electron chi connectivity index (χ2n) is 7.22. The first-order chi connectivity index (χ1) is 12.7. The number of likely N-dealkylation sites (tertiary alicyclic amines) is 1. The molecule has 2 aliphatic rings. The molecule has 0 saturated carbocycles. The third-order valence-electron chi connectivity index (χ3n) is 5.15. The molecule has 2 N–H and O–H groups in total. The first-order valence-corrected chi connectivity index (χ1v) is 9.63. The number of carbonyl (C=O) groups is 2. The number of amides is 2. The summed E-state index contributed by atoms with van der Waals surface area (Å²) in [5.74, 6) is 0.457. The van der Waals surface area contributed by atoms with E-state index in [1.54, 1.807) is 0 Å². The van der Waals surface area contributed by atoms with Crippen LogP contribution in [0.2, 0.25) is 0 Å². The van der Waals surface area contributed by atoms with Gasteiger partial charge in [0, 0.05) is 19.6 Å². The number of benzene rings is 1. The maximum atomic E-state index is 12.4. The zero-order chi connectivity index (χ0) is 18.2. The van der Waals surface area contributed by atoms with Crippen LogP contribution in [-0.2, 0) is 20.9 Å². The largest absolute Gasteiger partial charge is 0.367 e. The molecule has 0 radical (unpaired) electrons. The van der Waals surface area contributed by atoms with Crippen LogP contribution in [0.15, 0.2) is 30.3 Å². The summed E-state index contributed by atoms with van der Waals surface area (Å²) in [5.41, 5.74) is 1.07. The van der Waals surface area contributed by atoms with E-state index in [-0.39, 0.29) is 24.5 Å². The van der Waals surface area contributed by atoms with Gasteiger partial charge in [0.25, 0.3) is 0 Å². The Morgan fingerprint density at radius 1 is 1.19 bits per heavy atom. The Morgan fingerprint density at radius 2 is 2.04 bits per heavy atom. The highest BCUT2D eigenvalue weighted by molar-refractivity contribution is 5.82. The lowest BCUT2D eigenvalue weighted by Gasteiger charge is -2.33. The normalized spacial score (nSPS) is 23.0. The van der Waals surface area contributed by atoms with Crippen LogP contribution in [0.3, 0.4) is 0 Å². The van der Waals surface area contributed by atoms with Crippen LogP contribution in [0.5, 0.6) is 0 Å². The van der Waals surface area contributed by atoms with Gasteiger partial charge in [0.05, 0.1) is 12.6 Å². The van der Waals surface area contributed by atoms with E-state index in [4.69, 9.17) is 4.74 Å². The first kappa shape index (κ1) is 18.9. The zero-order valence-corrected chi connectivity index (χ0v) is 15.3. The summed E-state index contributed by atoms with van der Waals surface area (Å²) in [6.45, 7) is 3.61. The molecule has 26 heavy (non-hydrogen) atoms. The van der Waals surface area contributed by atoms with Gasteiger partial charge in [0.15, 0.2) is 0 Å². The van der Waals surface area contributed by atoms with E-state index in [1.807, 2.05) is 35.2 Å². The zero-order valence-electron chi connectivity index (χ0n) is 15.3. The van der Waals surface area contributed by atoms with E-state index in [0.29, 0.717) is 25.6 Å². The number of hydrogen-bond acceptors (Lipinski definition) is 4.